The Morgan fingerprint density at radius 2 is 2.70 bits per heavy atom. The number of hydrogen-bond acceptors (Lipinski definition) is 5. The Kier molecular flexibility index (Phi) is 2.33. The summed E-state index contributed by atoms with van der Waals surface area (Å²) in [5, 5.41) is 7.69. The van der Waals surface area contributed by atoms with Crippen molar-refractivity contribution in [2.75, 3.05) is 7.11 Å². The number of esters is 1. The number of methoxy groups -OCH3 is 1. The Hall–Kier alpha value is -0.970. The molecule has 10 heavy (non-hydrogen) atoms. The number of carbonyl (C=O) groups excluding carboxylic acids is 1. The molecular formula is C5H5N2O2S. The predicted octanol–water partition coefficient (Wildman–Crippen LogP) is 0.0538. The maximum atomic E-state index is 10.6. The first-order valence-electron chi connectivity index (χ1n) is 2.58. The second-order valence-corrected chi connectivity index (χ2v) is 2.40. The van der Waals surface area contributed by atoms with Crippen molar-refractivity contribution in [1.29, 1.82) is 0 Å². The quantitative estimate of drug-likeness (QED) is 0.569. The first-order valence-corrected chi connectivity index (χ1v) is 3.40. The third kappa shape index (κ3) is 1.77. The van der Waals surface area contributed by atoms with Crippen molar-refractivity contribution < 1.29 is 9.53 Å². The first-order chi connectivity index (χ1) is 4.83. The van der Waals surface area contributed by atoms with E-state index in [0.29, 0.717) is 5.01 Å². The molecule has 0 fully saturated rings. The highest BCUT2D eigenvalue weighted by Gasteiger charge is 2.04. The fourth-order valence-corrected chi connectivity index (χ4v) is 0.895. The monoisotopic (exact) mass is 157 g/mol. The molecule has 1 rings (SSSR count). The van der Waals surface area contributed by atoms with E-state index in [1.165, 1.54) is 18.4 Å². The topological polar surface area (TPSA) is 52.1 Å². The molecule has 1 radical (unpaired) electrons. The van der Waals surface area contributed by atoms with Gasteiger partial charge in [-0.25, -0.2) is 0 Å². The van der Waals surface area contributed by atoms with E-state index in [1.54, 1.807) is 0 Å². The van der Waals surface area contributed by atoms with Gasteiger partial charge >= 0.3 is 5.97 Å². The zero-order chi connectivity index (χ0) is 7.40. The van der Waals surface area contributed by atoms with E-state index in [-0.39, 0.29) is 12.4 Å². The summed E-state index contributed by atoms with van der Waals surface area (Å²) in [6.45, 7) is 0. The van der Waals surface area contributed by atoms with Gasteiger partial charge in [-0.3, -0.25) is 4.79 Å². The second-order valence-electron chi connectivity index (χ2n) is 1.54. The lowest BCUT2D eigenvalue weighted by Crippen LogP contribution is -2.03. The average molecular weight is 157 g/mol. The standard InChI is InChI=1S/C5H5N2O2S/c1-9-5(8)2-4-7-6-3-10-4/h2H2,1H3. The molecule has 0 N–H and O–H groups in total. The van der Waals surface area contributed by atoms with Gasteiger partial charge in [0.25, 0.3) is 0 Å². The first kappa shape index (κ1) is 7.14. The Labute approximate surface area is 61.8 Å². The van der Waals surface area contributed by atoms with E-state index < -0.39 is 0 Å². The summed E-state index contributed by atoms with van der Waals surface area (Å²) >= 11 is 1.22. The molecule has 4 nitrogen and oxygen atoms in total. The van der Waals surface area contributed by atoms with E-state index >= 15 is 0 Å². The van der Waals surface area contributed by atoms with Crippen LogP contribution in [0.2, 0.25) is 0 Å². The molecule has 0 saturated heterocycles. The van der Waals surface area contributed by atoms with Crippen LogP contribution in [0, 0.1) is 5.51 Å². The van der Waals surface area contributed by atoms with Crippen LogP contribution < -0.4 is 0 Å². The molecule has 1 aromatic heterocycles. The lowest BCUT2D eigenvalue weighted by atomic mass is 10.5. The van der Waals surface area contributed by atoms with Gasteiger partial charge in [0, 0.05) is 0 Å². The van der Waals surface area contributed by atoms with Crippen LogP contribution in [0.25, 0.3) is 0 Å². The smallest absolute Gasteiger partial charge is 0.312 e. The molecule has 0 saturated carbocycles. The van der Waals surface area contributed by atoms with Crippen molar-refractivity contribution in [3.8, 4) is 0 Å². The summed E-state index contributed by atoms with van der Waals surface area (Å²) in [4.78, 5) is 10.6. The second kappa shape index (κ2) is 3.26. The molecule has 0 aromatic carbocycles. The minimum Gasteiger partial charge on any atom is -0.469 e. The molecule has 0 aliphatic rings. The number of aromatic nitrogens is 2. The summed E-state index contributed by atoms with van der Waals surface area (Å²) in [6, 6.07) is 0. The predicted molar refractivity (Wildman–Crippen MR) is 34.5 cm³/mol. The van der Waals surface area contributed by atoms with Crippen LogP contribution >= 0.6 is 11.3 Å². The van der Waals surface area contributed by atoms with Crippen LogP contribution in [-0.4, -0.2) is 23.3 Å². The van der Waals surface area contributed by atoms with Crippen molar-refractivity contribution in [3.05, 3.63) is 10.5 Å². The Balaban J connectivity index is 2.48. The van der Waals surface area contributed by atoms with Crippen molar-refractivity contribution in [1.82, 2.24) is 10.2 Å². The van der Waals surface area contributed by atoms with Crippen LogP contribution in [0.5, 0.6) is 0 Å². The van der Waals surface area contributed by atoms with Crippen molar-refractivity contribution >= 4 is 17.3 Å². The van der Waals surface area contributed by atoms with Crippen LogP contribution in [0.1, 0.15) is 5.01 Å². The molecule has 0 amide bonds. The number of carbonyl (C=O) groups is 1. The highest BCUT2D eigenvalue weighted by atomic mass is 32.1. The summed E-state index contributed by atoms with van der Waals surface area (Å²) in [6.07, 6.45) is 0.192. The van der Waals surface area contributed by atoms with Gasteiger partial charge in [0.05, 0.1) is 13.5 Å². The van der Waals surface area contributed by atoms with Crippen LogP contribution in [0.15, 0.2) is 0 Å². The SMILES string of the molecule is COC(=O)Cc1nn[c]s1. The van der Waals surface area contributed by atoms with E-state index in [4.69, 9.17) is 0 Å². The molecule has 0 aliphatic carbocycles. The molecule has 5 heteroatoms. The van der Waals surface area contributed by atoms with E-state index in [0.717, 1.165) is 0 Å². The number of hydrogen-bond donors (Lipinski definition) is 0. The van der Waals surface area contributed by atoms with Crippen molar-refractivity contribution in [3.63, 3.8) is 0 Å². The lowest BCUT2D eigenvalue weighted by molar-refractivity contribution is -0.139. The largest absolute Gasteiger partial charge is 0.469 e. The third-order valence-electron chi connectivity index (χ3n) is 0.889. The molecule has 0 atom stereocenters. The van der Waals surface area contributed by atoms with Gasteiger partial charge in [-0.15, -0.1) is 10.2 Å². The van der Waals surface area contributed by atoms with Gasteiger partial charge in [0.1, 0.15) is 5.01 Å². The maximum Gasteiger partial charge on any atom is 0.312 e. The molecular weight excluding hydrogens is 152 g/mol. The number of ether oxygens (including phenoxy) is 1. The Bertz CT molecular complexity index is 209. The Morgan fingerprint density at radius 3 is 3.20 bits per heavy atom. The summed E-state index contributed by atoms with van der Waals surface area (Å²) in [5.41, 5.74) is 2.53. The minimum absolute atomic E-state index is 0.192. The summed E-state index contributed by atoms with van der Waals surface area (Å²) < 4.78 is 4.41. The number of rotatable bonds is 2. The third-order valence-corrected chi connectivity index (χ3v) is 1.52. The highest BCUT2D eigenvalue weighted by molar-refractivity contribution is 7.08. The van der Waals surface area contributed by atoms with Crippen LogP contribution in [-0.2, 0) is 16.0 Å². The maximum absolute atomic E-state index is 10.6. The Morgan fingerprint density at radius 1 is 1.90 bits per heavy atom. The summed E-state index contributed by atoms with van der Waals surface area (Å²) in [5.74, 6) is -0.301. The van der Waals surface area contributed by atoms with E-state index in [1.807, 2.05) is 0 Å². The normalized spacial score (nSPS) is 9.30. The zero-order valence-corrected chi connectivity index (χ0v) is 6.14. The van der Waals surface area contributed by atoms with Gasteiger partial charge in [-0.2, -0.15) is 0 Å². The van der Waals surface area contributed by atoms with Crippen LogP contribution in [0.4, 0.5) is 0 Å². The average Bonchev–Trinajstić information content (AvgIpc) is 2.40. The minimum atomic E-state index is -0.301. The molecule has 0 spiro atoms. The van der Waals surface area contributed by atoms with Gasteiger partial charge in [0.15, 0.2) is 5.51 Å². The lowest BCUT2D eigenvalue weighted by Gasteiger charge is -1.91. The molecule has 0 bridgehead atoms. The molecule has 0 aliphatic heterocycles. The van der Waals surface area contributed by atoms with Crippen LogP contribution in [0.3, 0.4) is 0 Å². The van der Waals surface area contributed by atoms with Gasteiger partial charge < -0.3 is 4.74 Å². The zero-order valence-electron chi connectivity index (χ0n) is 5.33. The van der Waals surface area contributed by atoms with E-state index in [9.17, 15) is 4.79 Å². The van der Waals surface area contributed by atoms with Gasteiger partial charge in [-0.1, -0.05) is 11.3 Å². The number of nitrogens with zero attached hydrogens (tertiary/aromatic N) is 2. The van der Waals surface area contributed by atoms with Gasteiger partial charge in [0.2, 0.25) is 0 Å². The molecule has 0 unspecified atom stereocenters. The van der Waals surface area contributed by atoms with Crippen molar-refractivity contribution in [2.45, 2.75) is 6.42 Å². The fourth-order valence-electron chi connectivity index (χ4n) is 0.437. The molecule has 53 valence electrons. The van der Waals surface area contributed by atoms with Crippen molar-refractivity contribution in [2.24, 2.45) is 0 Å². The fraction of sp³-hybridized carbons (Fsp3) is 0.400. The van der Waals surface area contributed by atoms with E-state index in [2.05, 4.69) is 20.4 Å². The summed E-state index contributed by atoms with van der Waals surface area (Å²) in [7, 11) is 1.34. The highest BCUT2D eigenvalue weighted by Crippen LogP contribution is 2.01. The van der Waals surface area contributed by atoms with Gasteiger partial charge in [-0.05, 0) is 0 Å². The molecule has 1 aromatic rings. The molecule has 1 heterocycles.